The highest BCUT2D eigenvalue weighted by molar-refractivity contribution is 5.99. The fourth-order valence-corrected chi connectivity index (χ4v) is 3.20. The highest BCUT2D eigenvalue weighted by Gasteiger charge is 2.25. The molecule has 1 aliphatic heterocycles. The van der Waals surface area contributed by atoms with Crippen molar-refractivity contribution in [2.45, 2.75) is 12.8 Å². The van der Waals surface area contributed by atoms with Crippen LogP contribution in [0.3, 0.4) is 0 Å². The summed E-state index contributed by atoms with van der Waals surface area (Å²) >= 11 is 0. The van der Waals surface area contributed by atoms with Gasteiger partial charge in [0.25, 0.3) is 5.91 Å². The summed E-state index contributed by atoms with van der Waals surface area (Å²) in [5.74, 6) is 1.21. The molecule has 2 amide bonds. The Labute approximate surface area is 171 Å². The maximum Gasteiger partial charge on any atom is 0.265 e. The van der Waals surface area contributed by atoms with E-state index in [-0.39, 0.29) is 24.8 Å². The second-order valence-electron chi connectivity index (χ2n) is 7.25. The Morgan fingerprint density at radius 1 is 1.21 bits per heavy atom. The molecule has 0 aliphatic carbocycles. The number of carbonyl (C=O) groups is 2. The molecular formula is C22H27N3O4. The van der Waals surface area contributed by atoms with Crippen LogP contribution in [0.5, 0.6) is 11.5 Å². The predicted molar refractivity (Wildman–Crippen MR) is 113 cm³/mol. The highest BCUT2D eigenvalue weighted by Crippen LogP contribution is 2.34. The Kier molecular flexibility index (Phi) is 6.72. The lowest BCUT2D eigenvalue weighted by Gasteiger charge is -2.30. The third-order valence-electron chi connectivity index (χ3n) is 4.70. The van der Waals surface area contributed by atoms with Gasteiger partial charge in [0.05, 0.1) is 19.2 Å². The van der Waals surface area contributed by atoms with Gasteiger partial charge in [0.1, 0.15) is 11.5 Å². The van der Waals surface area contributed by atoms with Gasteiger partial charge in [-0.05, 0) is 63.0 Å². The molecule has 0 radical (unpaired) electrons. The molecule has 0 saturated carbocycles. The van der Waals surface area contributed by atoms with E-state index in [0.717, 1.165) is 24.3 Å². The molecule has 0 unspecified atom stereocenters. The number of nitrogens with one attached hydrogen (secondary N) is 1. The fraction of sp³-hybridized carbons (Fsp3) is 0.364. The van der Waals surface area contributed by atoms with Gasteiger partial charge in [0, 0.05) is 12.2 Å². The third kappa shape index (κ3) is 5.48. The molecule has 1 heterocycles. The number of benzene rings is 2. The summed E-state index contributed by atoms with van der Waals surface area (Å²) in [6.45, 7) is 1.53. The van der Waals surface area contributed by atoms with Gasteiger partial charge in [-0.1, -0.05) is 12.1 Å². The van der Waals surface area contributed by atoms with E-state index in [4.69, 9.17) is 9.47 Å². The molecule has 7 nitrogen and oxygen atoms in total. The second kappa shape index (κ2) is 9.43. The average molecular weight is 397 g/mol. The van der Waals surface area contributed by atoms with Crippen molar-refractivity contribution >= 4 is 23.2 Å². The van der Waals surface area contributed by atoms with E-state index in [9.17, 15) is 9.59 Å². The lowest BCUT2D eigenvalue weighted by molar-refractivity contribution is -0.121. The van der Waals surface area contributed by atoms with E-state index in [1.165, 1.54) is 0 Å². The van der Waals surface area contributed by atoms with E-state index in [1.807, 2.05) is 38.4 Å². The normalized spacial score (nSPS) is 13.1. The average Bonchev–Trinajstić information content (AvgIpc) is 2.70. The quantitative estimate of drug-likeness (QED) is 0.741. The van der Waals surface area contributed by atoms with Gasteiger partial charge in [-0.15, -0.1) is 0 Å². The zero-order valence-corrected chi connectivity index (χ0v) is 17.1. The highest BCUT2D eigenvalue weighted by atomic mass is 16.5. The summed E-state index contributed by atoms with van der Waals surface area (Å²) in [6, 6.07) is 12.8. The van der Waals surface area contributed by atoms with Crippen molar-refractivity contribution in [2.24, 2.45) is 0 Å². The maximum absolute atomic E-state index is 12.4. The minimum Gasteiger partial charge on any atom is -0.497 e. The summed E-state index contributed by atoms with van der Waals surface area (Å²) < 4.78 is 10.7. The maximum atomic E-state index is 12.4. The number of rotatable bonds is 8. The Bertz CT molecular complexity index is 865. The second-order valence-corrected chi connectivity index (χ2v) is 7.25. The van der Waals surface area contributed by atoms with E-state index in [2.05, 4.69) is 10.2 Å². The molecule has 0 spiro atoms. The standard InChI is InChI=1S/C22H27N3O4/c1-24(2)11-4-12-25-19-14-17(7-10-20(19)29-15-22(25)27)23-21(26)13-16-5-8-18(28-3)9-6-16/h5-10,14H,4,11-13,15H2,1-3H3,(H,23,26). The Morgan fingerprint density at radius 2 is 1.97 bits per heavy atom. The minimum absolute atomic E-state index is 0.0398. The molecule has 1 N–H and O–H groups in total. The van der Waals surface area contributed by atoms with Crippen LogP contribution in [0.25, 0.3) is 0 Å². The van der Waals surface area contributed by atoms with Crippen LogP contribution in [0.4, 0.5) is 11.4 Å². The van der Waals surface area contributed by atoms with E-state index in [0.29, 0.717) is 23.7 Å². The largest absolute Gasteiger partial charge is 0.497 e. The lowest BCUT2D eigenvalue weighted by atomic mass is 10.1. The van der Waals surface area contributed by atoms with Gasteiger partial charge in [-0.3, -0.25) is 9.59 Å². The molecule has 2 aromatic rings. The molecule has 2 aromatic carbocycles. The molecule has 0 bridgehead atoms. The van der Waals surface area contributed by atoms with Crippen LogP contribution in [0.2, 0.25) is 0 Å². The number of methoxy groups -OCH3 is 1. The smallest absolute Gasteiger partial charge is 0.265 e. The molecule has 0 saturated heterocycles. The van der Waals surface area contributed by atoms with Gasteiger partial charge in [0.15, 0.2) is 6.61 Å². The van der Waals surface area contributed by atoms with Gasteiger partial charge in [0.2, 0.25) is 5.91 Å². The van der Waals surface area contributed by atoms with E-state index < -0.39 is 0 Å². The summed E-state index contributed by atoms with van der Waals surface area (Å²) in [4.78, 5) is 28.6. The third-order valence-corrected chi connectivity index (χ3v) is 4.70. The zero-order chi connectivity index (χ0) is 20.8. The Balaban J connectivity index is 1.68. The van der Waals surface area contributed by atoms with Crippen molar-refractivity contribution in [1.29, 1.82) is 0 Å². The number of nitrogens with zero attached hydrogens (tertiary/aromatic N) is 2. The fourth-order valence-electron chi connectivity index (χ4n) is 3.20. The lowest BCUT2D eigenvalue weighted by Crippen LogP contribution is -2.40. The van der Waals surface area contributed by atoms with Crippen LogP contribution in [-0.2, 0) is 16.0 Å². The number of hydrogen-bond acceptors (Lipinski definition) is 5. The van der Waals surface area contributed by atoms with Crippen molar-refractivity contribution in [2.75, 3.05) is 51.1 Å². The summed E-state index contributed by atoms with van der Waals surface area (Å²) in [6.07, 6.45) is 1.11. The van der Waals surface area contributed by atoms with E-state index >= 15 is 0 Å². The van der Waals surface area contributed by atoms with Crippen LogP contribution in [0, 0.1) is 0 Å². The van der Waals surface area contributed by atoms with Crippen LogP contribution in [0.15, 0.2) is 42.5 Å². The molecule has 7 heteroatoms. The minimum atomic E-state index is -0.127. The van der Waals surface area contributed by atoms with Gasteiger partial charge in [-0.25, -0.2) is 0 Å². The number of ether oxygens (including phenoxy) is 2. The molecule has 0 aromatic heterocycles. The van der Waals surface area contributed by atoms with Crippen LogP contribution < -0.4 is 19.7 Å². The number of amides is 2. The van der Waals surface area contributed by atoms with Crippen molar-refractivity contribution in [3.63, 3.8) is 0 Å². The Hall–Kier alpha value is -3.06. The van der Waals surface area contributed by atoms with Crippen molar-refractivity contribution < 1.29 is 19.1 Å². The number of hydrogen-bond donors (Lipinski definition) is 1. The molecule has 3 rings (SSSR count). The van der Waals surface area contributed by atoms with Gasteiger partial charge < -0.3 is 24.6 Å². The predicted octanol–water partition coefficient (Wildman–Crippen LogP) is 2.55. The van der Waals surface area contributed by atoms with Crippen LogP contribution in [-0.4, -0.2) is 57.6 Å². The first-order chi connectivity index (χ1) is 14.0. The first-order valence-electron chi connectivity index (χ1n) is 9.61. The summed E-state index contributed by atoms with van der Waals surface area (Å²) in [7, 11) is 5.62. The van der Waals surface area contributed by atoms with Gasteiger partial charge >= 0.3 is 0 Å². The van der Waals surface area contributed by atoms with E-state index in [1.54, 1.807) is 30.2 Å². The summed E-state index contributed by atoms with van der Waals surface area (Å²) in [5.41, 5.74) is 2.23. The zero-order valence-electron chi connectivity index (χ0n) is 17.1. The van der Waals surface area contributed by atoms with Crippen molar-refractivity contribution in [3.8, 4) is 11.5 Å². The molecule has 29 heavy (non-hydrogen) atoms. The van der Waals surface area contributed by atoms with Crippen molar-refractivity contribution in [3.05, 3.63) is 48.0 Å². The van der Waals surface area contributed by atoms with Crippen LogP contribution in [0.1, 0.15) is 12.0 Å². The first-order valence-corrected chi connectivity index (χ1v) is 9.61. The molecule has 0 fully saturated rings. The molecule has 0 atom stereocenters. The molecule has 1 aliphatic rings. The monoisotopic (exact) mass is 397 g/mol. The summed E-state index contributed by atoms with van der Waals surface area (Å²) in [5, 5.41) is 2.91. The topological polar surface area (TPSA) is 71.1 Å². The number of fused-ring (bicyclic) bond motifs is 1. The van der Waals surface area contributed by atoms with Crippen molar-refractivity contribution in [1.82, 2.24) is 4.90 Å². The number of anilines is 2. The number of carbonyl (C=O) groups excluding carboxylic acids is 2. The van der Waals surface area contributed by atoms with Crippen LogP contribution >= 0.6 is 0 Å². The Morgan fingerprint density at radius 3 is 2.66 bits per heavy atom. The molecule has 154 valence electrons. The molecular weight excluding hydrogens is 370 g/mol. The van der Waals surface area contributed by atoms with Gasteiger partial charge in [-0.2, -0.15) is 0 Å². The SMILES string of the molecule is COc1ccc(CC(=O)Nc2ccc3c(c2)N(CCCN(C)C)C(=O)CO3)cc1. The first kappa shape index (κ1) is 20.7.